The molecule has 0 unspecified atom stereocenters. The lowest BCUT2D eigenvalue weighted by Gasteiger charge is -2.41. The van der Waals surface area contributed by atoms with Gasteiger partial charge in [-0.2, -0.15) is 0 Å². The Balaban J connectivity index is 1.31. The molecule has 3 aromatic heterocycles. The van der Waals surface area contributed by atoms with E-state index in [1.54, 1.807) is 19.0 Å². The SMILES string of the molecule is C[C@H]1CN(c2ccc(C(=O)N(C)C)cc2)CCN1Cc1cc2c(-c3ccc(N)nc3)ccnc2n1C. The van der Waals surface area contributed by atoms with Crippen molar-refractivity contribution in [1.29, 1.82) is 0 Å². The lowest BCUT2D eigenvalue weighted by molar-refractivity contribution is 0.0827. The van der Waals surface area contributed by atoms with Gasteiger partial charge < -0.3 is 20.1 Å². The Labute approximate surface area is 212 Å². The summed E-state index contributed by atoms with van der Waals surface area (Å²) in [5.41, 5.74) is 12.0. The van der Waals surface area contributed by atoms with Gasteiger partial charge in [0.15, 0.2) is 0 Å². The number of benzene rings is 1. The zero-order chi connectivity index (χ0) is 25.4. The monoisotopic (exact) mass is 483 g/mol. The standard InChI is InChI=1S/C28H33N7O/c1-19-17-35(22-8-5-20(6-9-22)28(36)32(2)3)14-13-34(19)18-23-15-25-24(11-12-30-27(25)33(23)4)21-7-10-26(29)31-16-21/h5-12,15-16,19H,13-14,17-18H2,1-4H3,(H2,29,31)/t19-/m0/s1. The van der Waals surface area contributed by atoms with Gasteiger partial charge in [0.25, 0.3) is 5.91 Å². The Hall–Kier alpha value is -3.91. The molecule has 1 aliphatic rings. The summed E-state index contributed by atoms with van der Waals surface area (Å²) in [6, 6.07) is 16.5. The van der Waals surface area contributed by atoms with E-state index in [4.69, 9.17) is 5.73 Å². The van der Waals surface area contributed by atoms with E-state index in [1.165, 1.54) is 5.69 Å². The third-order valence-electron chi connectivity index (χ3n) is 7.14. The van der Waals surface area contributed by atoms with Crippen molar-refractivity contribution in [2.45, 2.75) is 19.5 Å². The van der Waals surface area contributed by atoms with E-state index in [9.17, 15) is 4.79 Å². The first kappa shape index (κ1) is 23.8. The zero-order valence-corrected chi connectivity index (χ0v) is 21.3. The minimum atomic E-state index is 0.0278. The number of nitrogens with two attached hydrogens (primary N) is 1. The number of hydrogen-bond donors (Lipinski definition) is 1. The lowest BCUT2D eigenvalue weighted by atomic mass is 10.1. The van der Waals surface area contributed by atoms with Crippen LogP contribution in [0.25, 0.3) is 22.2 Å². The van der Waals surface area contributed by atoms with Gasteiger partial charge in [0.05, 0.1) is 0 Å². The van der Waals surface area contributed by atoms with E-state index >= 15 is 0 Å². The first-order chi connectivity index (χ1) is 17.3. The number of nitrogens with zero attached hydrogens (tertiary/aromatic N) is 6. The van der Waals surface area contributed by atoms with Crippen LogP contribution in [0, 0.1) is 0 Å². The Morgan fingerprint density at radius 2 is 1.86 bits per heavy atom. The number of rotatable bonds is 5. The average molecular weight is 484 g/mol. The number of carbonyl (C=O) groups is 1. The highest BCUT2D eigenvalue weighted by atomic mass is 16.2. The highest BCUT2D eigenvalue weighted by molar-refractivity contribution is 5.94. The lowest BCUT2D eigenvalue weighted by Crippen LogP contribution is -2.51. The molecule has 0 saturated carbocycles. The number of carbonyl (C=O) groups excluding carboxylic acids is 1. The van der Waals surface area contributed by atoms with Crippen molar-refractivity contribution in [1.82, 2.24) is 24.3 Å². The molecule has 1 atom stereocenters. The molecule has 0 aliphatic carbocycles. The fourth-order valence-electron chi connectivity index (χ4n) is 4.99. The molecule has 1 aromatic carbocycles. The molecule has 0 spiro atoms. The maximum absolute atomic E-state index is 12.2. The minimum Gasteiger partial charge on any atom is -0.384 e. The average Bonchev–Trinajstić information content (AvgIpc) is 3.20. The molecule has 1 amide bonds. The van der Waals surface area contributed by atoms with Crippen LogP contribution in [0.5, 0.6) is 0 Å². The third-order valence-corrected chi connectivity index (χ3v) is 7.14. The van der Waals surface area contributed by atoms with Gasteiger partial charge in [-0.05, 0) is 61.0 Å². The zero-order valence-electron chi connectivity index (χ0n) is 21.3. The highest BCUT2D eigenvalue weighted by Gasteiger charge is 2.25. The minimum absolute atomic E-state index is 0.0278. The van der Waals surface area contributed by atoms with E-state index < -0.39 is 0 Å². The number of aryl methyl sites for hydroxylation is 1. The fraction of sp³-hybridized carbons (Fsp3) is 0.321. The molecular formula is C28H33N7O. The molecular weight excluding hydrogens is 450 g/mol. The van der Waals surface area contributed by atoms with Gasteiger partial charge in [-0.15, -0.1) is 0 Å². The predicted molar refractivity (Wildman–Crippen MR) is 145 cm³/mol. The van der Waals surface area contributed by atoms with Gasteiger partial charge in [0, 0.05) is 93.7 Å². The first-order valence-corrected chi connectivity index (χ1v) is 12.3. The molecule has 1 saturated heterocycles. The molecule has 0 radical (unpaired) electrons. The number of fused-ring (bicyclic) bond motifs is 1. The second-order valence-electron chi connectivity index (χ2n) is 9.77. The third kappa shape index (κ3) is 4.52. The molecule has 36 heavy (non-hydrogen) atoms. The Morgan fingerprint density at radius 3 is 2.53 bits per heavy atom. The van der Waals surface area contributed by atoms with Crippen molar-refractivity contribution in [3.63, 3.8) is 0 Å². The van der Waals surface area contributed by atoms with Crippen LogP contribution < -0.4 is 10.6 Å². The molecule has 8 nitrogen and oxygen atoms in total. The van der Waals surface area contributed by atoms with Gasteiger partial charge in [0.1, 0.15) is 11.5 Å². The van der Waals surface area contributed by atoms with Gasteiger partial charge in [-0.1, -0.05) is 0 Å². The van der Waals surface area contributed by atoms with Crippen molar-refractivity contribution in [2.75, 3.05) is 44.4 Å². The molecule has 5 rings (SSSR count). The highest BCUT2D eigenvalue weighted by Crippen LogP contribution is 2.30. The number of hydrogen-bond acceptors (Lipinski definition) is 6. The second kappa shape index (κ2) is 9.62. The summed E-state index contributed by atoms with van der Waals surface area (Å²) in [5, 5.41) is 1.13. The number of aromatic nitrogens is 3. The maximum Gasteiger partial charge on any atom is 0.253 e. The molecule has 8 heteroatoms. The number of nitrogen functional groups attached to an aromatic ring is 1. The molecule has 2 N–H and O–H groups in total. The summed E-state index contributed by atoms with van der Waals surface area (Å²) in [6.45, 7) is 5.98. The number of amides is 1. The quantitative estimate of drug-likeness (QED) is 0.467. The summed E-state index contributed by atoms with van der Waals surface area (Å²) in [4.78, 5) is 27.7. The fourth-order valence-corrected chi connectivity index (χ4v) is 4.99. The van der Waals surface area contributed by atoms with Gasteiger partial charge in [-0.25, -0.2) is 9.97 Å². The van der Waals surface area contributed by atoms with E-state index in [0.29, 0.717) is 17.4 Å². The van der Waals surface area contributed by atoms with Crippen LogP contribution in [0.15, 0.2) is 60.9 Å². The normalized spacial score (nSPS) is 16.4. The van der Waals surface area contributed by atoms with Crippen molar-refractivity contribution in [3.05, 3.63) is 72.2 Å². The maximum atomic E-state index is 12.2. The van der Waals surface area contributed by atoms with Gasteiger partial charge in [-0.3, -0.25) is 9.69 Å². The summed E-state index contributed by atoms with van der Waals surface area (Å²) in [5.74, 6) is 0.545. The van der Waals surface area contributed by atoms with E-state index in [2.05, 4.69) is 56.5 Å². The summed E-state index contributed by atoms with van der Waals surface area (Å²) >= 11 is 0. The first-order valence-electron chi connectivity index (χ1n) is 12.3. The predicted octanol–water partition coefficient (Wildman–Crippen LogP) is 3.63. The second-order valence-corrected chi connectivity index (χ2v) is 9.77. The van der Waals surface area contributed by atoms with E-state index in [0.717, 1.165) is 54.0 Å². The van der Waals surface area contributed by atoms with E-state index in [1.807, 2.05) is 42.7 Å². The van der Waals surface area contributed by atoms with Crippen molar-refractivity contribution < 1.29 is 4.79 Å². The van der Waals surface area contributed by atoms with Crippen LogP contribution in [-0.4, -0.2) is 70.0 Å². The van der Waals surface area contributed by atoms with Gasteiger partial charge in [0.2, 0.25) is 0 Å². The van der Waals surface area contributed by atoms with Crippen molar-refractivity contribution in [2.24, 2.45) is 7.05 Å². The molecule has 186 valence electrons. The summed E-state index contributed by atoms with van der Waals surface area (Å²) in [7, 11) is 5.64. The molecule has 1 aliphatic heterocycles. The topological polar surface area (TPSA) is 83.5 Å². The van der Waals surface area contributed by atoms with Crippen LogP contribution in [-0.2, 0) is 13.6 Å². The number of pyridine rings is 2. The van der Waals surface area contributed by atoms with Crippen LogP contribution >= 0.6 is 0 Å². The molecule has 0 bridgehead atoms. The van der Waals surface area contributed by atoms with Crippen molar-refractivity contribution >= 4 is 28.4 Å². The van der Waals surface area contributed by atoms with Crippen LogP contribution in [0.2, 0.25) is 0 Å². The number of piperazine rings is 1. The number of anilines is 2. The Kier molecular flexibility index (Phi) is 6.36. The van der Waals surface area contributed by atoms with Gasteiger partial charge >= 0.3 is 0 Å². The molecule has 4 heterocycles. The summed E-state index contributed by atoms with van der Waals surface area (Å²) < 4.78 is 2.20. The smallest absolute Gasteiger partial charge is 0.253 e. The Bertz CT molecular complexity index is 1380. The molecule has 4 aromatic rings. The van der Waals surface area contributed by atoms with Crippen LogP contribution in [0.1, 0.15) is 23.0 Å². The summed E-state index contributed by atoms with van der Waals surface area (Å²) in [6.07, 6.45) is 3.68. The largest absolute Gasteiger partial charge is 0.384 e. The van der Waals surface area contributed by atoms with Crippen LogP contribution in [0.3, 0.4) is 0 Å². The van der Waals surface area contributed by atoms with E-state index in [-0.39, 0.29) is 5.91 Å². The molecule has 1 fully saturated rings. The van der Waals surface area contributed by atoms with Crippen LogP contribution in [0.4, 0.5) is 11.5 Å². The Morgan fingerprint density at radius 1 is 1.08 bits per heavy atom. The van der Waals surface area contributed by atoms with Crippen molar-refractivity contribution in [3.8, 4) is 11.1 Å².